The van der Waals surface area contributed by atoms with Gasteiger partial charge in [-0.25, -0.2) is 0 Å². The third kappa shape index (κ3) is 2.24. The van der Waals surface area contributed by atoms with Crippen LogP contribution in [-0.2, 0) is 0 Å². The Morgan fingerprint density at radius 2 is 2.08 bits per heavy atom. The third-order valence-electron chi connectivity index (χ3n) is 2.03. The van der Waals surface area contributed by atoms with Crippen LogP contribution in [0, 0.1) is 5.92 Å². The molecular formula is C8H11F3O. The molecule has 12 heavy (non-hydrogen) atoms. The fourth-order valence-electron chi connectivity index (χ4n) is 1.34. The molecule has 0 bridgehead atoms. The maximum atomic E-state index is 11.9. The summed E-state index contributed by atoms with van der Waals surface area (Å²) in [6, 6.07) is 0. The van der Waals surface area contributed by atoms with E-state index in [9.17, 15) is 13.2 Å². The number of rotatable bonds is 1. The molecule has 0 aromatic rings. The van der Waals surface area contributed by atoms with Crippen LogP contribution in [0.3, 0.4) is 0 Å². The van der Waals surface area contributed by atoms with Gasteiger partial charge in [0.15, 0.2) is 6.10 Å². The van der Waals surface area contributed by atoms with E-state index in [4.69, 9.17) is 5.11 Å². The number of hydrogen-bond acceptors (Lipinski definition) is 1. The molecule has 0 spiro atoms. The maximum Gasteiger partial charge on any atom is 0.414 e. The van der Waals surface area contributed by atoms with E-state index >= 15 is 0 Å². The number of alkyl halides is 3. The number of halogens is 3. The summed E-state index contributed by atoms with van der Waals surface area (Å²) in [4.78, 5) is 0. The molecule has 0 fully saturated rings. The van der Waals surface area contributed by atoms with Crippen molar-refractivity contribution >= 4 is 0 Å². The Kier molecular flexibility index (Phi) is 2.77. The second kappa shape index (κ2) is 3.47. The average molecular weight is 180 g/mol. The largest absolute Gasteiger partial charge is 0.414 e. The predicted molar refractivity (Wildman–Crippen MR) is 38.5 cm³/mol. The Morgan fingerprint density at radius 1 is 1.42 bits per heavy atom. The number of hydrogen-bond donors (Lipinski definition) is 1. The SMILES string of the molecule is O[C@@H]([C@H]1C=CCCC1)C(F)(F)F. The molecule has 0 unspecified atom stereocenters. The van der Waals surface area contributed by atoms with Gasteiger partial charge >= 0.3 is 6.18 Å². The lowest BCUT2D eigenvalue weighted by Gasteiger charge is -2.24. The minimum atomic E-state index is -4.48. The predicted octanol–water partition coefficient (Wildman–Crippen LogP) is 2.27. The van der Waals surface area contributed by atoms with E-state index < -0.39 is 18.2 Å². The van der Waals surface area contributed by atoms with Gasteiger partial charge in [-0.05, 0) is 19.3 Å². The second-order valence-electron chi connectivity index (χ2n) is 3.01. The van der Waals surface area contributed by atoms with Gasteiger partial charge in [0, 0.05) is 5.92 Å². The summed E-state index contributed by atoms with van der Waals surface area (Å²) in [6.45, 7) is 0. The maximum absolute atomic E-state index is 11.9. The van der Waals surface area contributed by atoms with Crippen LogP contribution >= 0.6 is 0 Å². The number of allylic oxidation sites excluding steroid dienone is 1. The molecule has 0 aromatic heterocycles. The van der Waals surface area contributed by atoms with E-state index in [1.807, 2.05) is 0 Å². The molecule has 0 saturated carbocycles. The van der Waals surface area contributed by atoms with Crippen molar-refractivity contribution in [3.63, 3.8) is 0 Å². The van der Waals surface area contributed by atoms with Crippen LogP contribution < -0.4 is 0 Å². The fourth-order valence-corrected chi connectivity index (χ4v) is 1.34. The lowest BCUT2D eigenvalue weighted by Crippen LogP contribution is -2.35. The molecule has 2 atom stereocenters. The van der Waals surface area contributed by atoms with Gasteiger partial charge in [-0.1, -0.05) is 12.2 Å². The molecule has 4 heteroatoms. The molecule has 1 nitrogen and oxygen atoms in total. The van der Waals surface area contributed by atoms with E-state index in [-0.39, 0.29) is 0 Å². The quantitative estimate of drug-likeness (QED) is 0.613. The Balaban J connectivity index is 2.57. The minimum Gasteiger partial charge on any atom is -0.383 e. The van der Waals surface area contributed by atoms with Gasteiger partial charge in [-0.15, -0.1) is 0 Å². The molecule has 0 saturated heterocycles. The zero-order chi connectivity index (χ0) is 9.19. The highest BCUT2D eigenvalue weighted by atomic mass is 19.4. The van der Waals surface area contributed by atoms with Gasteiger partial charge in [0.2, 0.25) is 0 Å². The van der Waals surface area contributed by atoms with Crippen molar-refractivity contribution in [1.82, 2.24) is 0 Å². The summed E-state index contributed by atoms with van der Waals surface area (Å²) < 4.78 is 35.8. The van der Waals surface area contributed by atoms with Gasteiger partial charge in [0.1, 0.15) is 0 Å². The van der Waals surface area contributed by atoms with E-state index in [0.717, 1.165) is 12.8 Å². The summed E-state index contributed by atoms with van der Waals surface area (Å²) in [7, 11) is 0. The molecular weight excluding hydrogens is 169 g/mol. The first-order valence-electron chi connectivity index (χ1n) is 3.93. The molecule has 70 valence electrons. The van der Waals surface area contributed by atoms with Crippen LogP contribution in [0.2, 0.25) is 0 Å². The molecule has 1 rings (SSSR count). The van der Waals surface area contributed by atoms with Crippen molar-refractivity contribution in [3.8, 4) is 0 Å². The van der Waals surface area contributed by atoms with E-state index in [2.05, 4.69) is 0 Å². The van der Waals surface area contributed by atoms with Gasteiger partial charge in [0.25, 0.3) is 0 Å². The molecule has 0 aliphatic heterocycles. The lowest BCUT2D eigenvalue weighted by atomic mass is 9.91. The van der Waals surface area contributed by atoms with Crippen molar-refractivity contribution in [2.24, 2.45) is 5.92 Å². The summed E-state index contributed by atoms with van der Waals surface area (Å²) in [5.74, 6) is -0.737. The van der Waals surface area contributed by atoms with Crippen molar-refractivity contribution in [2.75, 3.05) is 0 Å². The molecule has 0 heterocycles. The molecule has 0 radical (unpaired) electrons. The van der Waals surface area contributed by atoms with Gasteiger partial charge in [-0.2, -0.15) is 13.2 Å². The van der Waals surface area contributed by atoms with Crippen LogP contribution in [0.4, 0.5) is 13.2 Å². The first kappa shape index (κ1) is 9.58. The first-order chi connectivity index (χ1) is 5.52. The van der Waals surface area contributed by atoms with Crippen LogP contribution in [0.15, 0.2) is 12.2 Å². The van der Waals surface area contributed by atoms with E-state index in [1.54, 1.807) is 6.08 Å². The fraction of sp³-hybridized carbons (Fsp3) is 0.750. The Bertz CT molecular complexity index is 174. The highest BCUT2D eigenvalue weighted by Gasteiger charge is 2.42. The Hall–Kier alpha value is -0.510. The van der Waals surface area contributed by atoms with Crippen molar-refractivity contribution in [2.45, 2.75) is 31.5 Å². The highest BCUT2D eigenvalue weighted by Crippen LogP contribution is 2.31. The van der Waals surface area contributed by atoms with E-state index in [1.165, 1.54) is 6.08 Å². The topological polar surface area (TPSA) is 20.2 Å². The molecule has 1 N–H and O–H groups in total. The number of aliphatic hydroxyl groups excluding tert-OH is 1. The van der Waals surface area contributed by atoms with Crippen LogP contribution in [0.5, 0.6) is 0 Å². The third-order valence-corrected chi connectivity index (χ3v) is 2.03. The first-order valence-corrected chi connectivity index (χ1v) is 3.93. The molecule has 0 aromatic carbocycles. The van der Waals surface area contributed by atoms with Crippen molar-refractivity contribution in [1.29, 1.82) is 0 Å². The summed E-state index contributed by atoms with van der Waals surface area (Å²) >= 11 is 0. The summed E-state index contributed by atoms with van der Waals surface area (Å²) in [5, 5.41) is 8.83. The second-order valence-corrected chi connectivity index (χ2v) is 3.01. The van der Waals surface area contributed by atoms with Gasteiger partial charge in [0.05, 0.1) is 0 Å². The summed E-state index contributed by atoms with van der Waals surface area (Å²) in [6.07, 6.45) is -1.53. The standard InChI is InChI=1S/C8H11F3O/c9-8(10,11)7(12)6-4-2-1-3-5-6/h2,4,6-7,12H,1,3,5H2/t6-,7-/m0/s1. The number of aliphatic hydroxyl groups is 1. The van der Waals surface area contributed by atoms with Crippen molar-refractivity contribution in [3.05, 3.63) is 12.2 Å². The Labute approximate surface area is 68.9 Å². The van der Waals surface area contributed by atoms with Crippen molar-refractivity contribution < 1.29 is 18.3 Å². The molecule has 1 aliphatic carbocycles. The summed E-state index contributed by atoms with van der Waals surface area (Å²) in [5.41, 5.74) is 0. The van der Waals surface area contributed by atoms with Crippen LogP contribution in [0.25, 0.3) is 0 Å². The van der Waals surface area contributed by atoms with Crippen LogP contribution in [-0.4, -0.2) is 17.4 Å². The zero-order valence-electron chi connectivity index (χ0n) is 6.51. The van der Waals surface area contributed by atoms with Gasteiger partial charge in [-0.3, -0.25) is 0 Å². The monoisotopic (exact) mass is 180 g/mol. The average Bonchev–Trinajstić information content (AvgIpc) is 2.03. The normalized spacial score (nSPS) is 27.2. The lowest BCUT2D eigenvalue weighted by molar-refractivity contribution is -0.215. The molecule has 1 aliphatic rings. The Morgan fingerprint density at radius 3 is 2.50 bits per heavy atom. The minimum absolute atomic E-state index is 0.428. The molecule has 0 amide bonds. The smallest absolute Gasteiger partial charge is 0.383 e. The zero-order valence-corrected chi connectivity index (χ0v) is 6.51. The van der Waals surface area contributed by atoms with E-state index in [0.29, 0.717) is 6.42 Å². The van der Waals surface area contributed by atoms with Crippen LogP contribution in [0.1, 0.15) is 19.3 Å². The van der Waals surface area contributed by atoms with Gasteiger partial charge < -0.3 is 5.11 Å². The highest BCUT2D eigenvalue weighted by molar-refractivity contribution is 4.97.